The number of piperazine rings is 1. The van der Waals surface area contributed by atoms with Crippen LogP contribution in [0, 0.1) is 0 Å². The highest BCUT2D eigenvalue weighted by Gasteiger charge is 2.29. The molecule has 4 aromatic rings. The monoisotopic (exact) mass is 514 g/mol. The van der Waals surface area contributed by atoms with Gasteiger partial charge in [-0.3, -0.25) is 0 Å². The van der Waals surface area contributed by atoms with Crippen molar-refractivity contribution in [3.63, 3.8) is 0 Å². The Labute approximate surface area is 222 Å². The fraction of sp³-hybridized carbons (Fsp3) is 0.345. The molecular weight excluding hydrogens is 480 g/mol. The molecule has 9 heteroatoms. The van der Waals surface area contributed by atoms with E-state index in [1.165, 1.54) is 0 Å². The minimum atomic E-state index is -0.529. The Morgan fingerprint density at radius 3 is 2.32 bits per heavy atom. The molecular formula is C29H34N6O3. The molecule has 1 amide bonds. The normalized spacial score (nSPS) is 14.1. The van der Waals surface area contributed by atoms with Crippen LogP contribution in [-0.4, -0.2) is 64.6 Å². The maximum absolute atomic E-state index is 12.7. The van der Waals surface area contributed by atoms with Crippen LogP contribution in [0.2, 0.25) is 0 Å². The molecule has 198 valence electrons. The lowest BCUT2D eigenvalue weighted by Crippen LogP contribution is -2.50. The van der Waals surface area contributed by atoms with Crippen molar-refractivity contribution in [2.45, 2.75) is 32.9 Å². The second kappa shape index (κ2) is 10.2. The predicted molar refractivity (Wildman–Crippen MR) is 149 cm³/mol. The van der Waals surface area contributed by atoms with Crippen molar-refractivity contribution in [1.82, 2.24) is 19.7 Å². The van der Waals surface area contributed by atoms with Gasteiger partial charge in [0.05, 0.1) is 24.7 Å². The van der Waals surface area contributed by atoms with Gasteiger partial charge in [-0.05, 0) is 44.0 Å². The number of hydrogen-bond acceptors (Lipinski definition) is 7. The number of pyridine rings is 1. The number of carbonyl (C=O) groups excluding carboxylic acids is 1. The summed E-state index contributed by atoms with van der Waals surface area (Å²) in [6.07, 6.45) is 1.62. The van der Waals surface area contributed by atoms with E-state index in [1.807, 2.05) is 74.1 Å². The van der Waals surface area contributed by atoms with E-state index in [2.05, 4.69) is 17.0 Å². The second-order valence-electron chi connectivity index (χ2n) is 10.4. The molecule has 1 saturated heterocycles. The number of nitrogen functional groups attached to an aromatic ring is 1. The van der Waals surface area contributed by atoms with Gasteiger partial charge in [0.25, 0.3) is 0 Å². The van der Waals surface area contributed by atoms with Gasteiger partial charge in [0.15, 0.2) is 11.5 Å². The van der Waals surface area contributed by atoms with Crippen molar-refractivity contribution in [1.29, 1.82) is 0 Å². The summed E-state index contributed by atoms with van der Waals surface area (Å²) in [4.78, 5) is 21.5. The van der Waals surface area contributed by atoms with Gasteiger partial charge < -0.3 is 25.0 Å². The van der Waals surface area contributed by atoms with E-state index in [0.29, 0.717) is 38.5 Å². The lowest BCUT2D eigenvalue weighted by molar-refractivity contribution is 0.0241. The average Bonchev–Trinajstić information content (AvgIpc) is 3.23. The smallest absolute Gasteiger partial charge is 0.410 e. The van der Waals surface area contributed by atoms with E-state index in [1.54, 1.807) is 12.0 Å². The van der Waals surface area contributed by atoms with E-state index in [0.717, 1.165) is 39.2 Å². The zero-order valence-corrected chi connectivity index (χ0v) is 22.3. The first-order chi connectivity index (χ1) is 18.2. The molecule has 0 bridgehead atoms. The molecule has 1 aliphatic rings. The van der Waals surface area contributed by atoms with Crippen molar-refractivity contribution in [2.75, 3.05) is 43.9 Å². The van der Waals surface area contributed by atoms with Crippen LogP contribution in [-0.2, 0) is 11.3 Å². The zero-order valence-electron chi connectivity index (χ0n) is 22.3. The van der Waals surface area contributed by atoms with Gasteiger partial charge in [-0.25, -0.2) is 14.5 Å². The van der Waals surface area contributed by atoms with Crippen molar-refractivity contribution < 1.29 is 14.3 Å². The van der Waals surface area contributed by atoms with Gasteiger partial charge in [0.1, 0.15) is 11.4 Å². The van der Waals surface area contributed by atoms with Crippen molar-refractivity contribution in [2.24, 2.45) is 0 Å². The van der Waals surface area contributed by atoms with E-state index in [-0.39, 0.29) is 6.09 Å². The standard InChI is InChI=1S/C29H34N6O3/c1-29(2,3)38-28(36)34-16-14-33(15-17-34)25-23(21-8-6-5-7-9-21)18-31-27-24(25)26(30)32-35(27)19-20-10-12-22(37-4)13-11-20/h5-13,18H,14-17,19H2,1-4H3,(H2,30,32). The Balaban J connectivity index is 1.51. The number of rotatable bonds is 5. The number of benzene rings is 2. The van der Waals surface area contributed by atoms with Crippen LogP contribution in [0.25, 0.3) is 22.2 Å². The quantitative estimate of drug-likeness (QED) is 0.409. The van der Waals surface area contributed by atoms with Gasteiger partial charge in [-0.2, -0.15) is 5.10 Å². The minimum absolute atomic E-state index is 0.285. The number of amides is 1. The Morgan fingerprint density at radius 1 is 1.00 bits per heavy atom. The van der Waals surface area contributed by atoms with Gasteiger partial charge in [0, 0.05) is 37.9 Å². The summed E-state index contributed by atoms with van der Waals surface area (Å²) in [5.41, 5.74) is 10.9. The molecule has 9 nitrogen and oxygen atoms in total. The van der Waals surface area contributed by atoms with E-state index >= 15 is 0 Å². The number of ether oxygens (including phenoxy) is 2. The molecule has 0 saturated carbocycles. The number of methoxy groups -OCH3 is 1. The molecule has 38 heavy (non-hydrogen) atoms. The van der Waals surface area contributed by atoms with Crippen LogP contribution in [0.15, 0.2) is 60.8 Å². The number of fused-ring (bicyclic) bond motifs is 1. The van der Waals surface area contributed by atoms with Crippen LogP contribution >= 0.6 is 0 Å². The Kier molecular flexibility index (Phi) is 6.84. The first kappa shape index (κ1) is 25.4. The molecule has 1 fully saturated rings. The fourth-order valence-corrected chi connectivity index (χ4v) is 4.76. The van der Waals surface area contributed by atoms with E-state index in [9.17, 15) is 4.79 Å². The summed E-state index contributed by atoms with van der Waals surface area (Å²) < 4.78 is 12.7. The Hall–Kier alpha value is -4.27. The first-order valence-corrected chi connectivity index (χ1v) is 12.8. The van der Waals surface area contributed by atoms with Gasteiger partial charge >= 0.3 is 6.09 Å². The first-order valence-electron chi connectivity index (χ1n) is 12.8. The number of carbonyl (C=O) groups is 1. The lowest BCUT2D eigenvalue weighted by Gasteiger charge is -2.37. The summed E-state index contributed by atoms with van der Waals surface area (Å²) in [7, 11) is 1.65. The number of hydrogen-bond donors (Lipinski definition) is 1. The van der Waals surface area contributed by atoms with Crippen LogP contribution in [0.4, 0.5) is 16.3 Å². The van der Waals surface area contributed by atoms with E-state index in [4.69, 9.17) is 25.3 Å². The summed E-state index contributed by atoms with van der Waals surface area (Å²) in [5.74, 6) is 1.24. The topological polar surface area (TPSA) is 98.7 Å². The van der Waals surface area contributed by atoms with Crippen LogP contribution in [0.3, 0.4) is 0 Å². The zero-order chi connectivity index (χ0) is 26.9. The summed E-state index contributed by atoms with van der Waals surface area (Å²) in [6, 6.07) is 18.1. The third-order valence-corrected chi connectivity index (χ3v) is 6.58. The summed E-state index contributed by atoms with van der Waals surface area (Å²) in [5, 5.41) is 5.52. The highest BCUT2D eigenvalue weighted by molar-refractivity contribution is 6.04. The maximum Gasteiger partial charge on any atom is 0.410 e. The summed E-state index contributed by atoms with van der Waals surface area (Å²) >= 11 is 0. The molecule has 0 spiro atoms. The lowest BCUT2D eigenvalue weighted by atomic mass is 10.0. The number of anilines is 2. The van der Waals surface area contributed by atoms with E-state index < -0.39 is 5.60 Å². The highest BCUT2D eigenvalue weighted by atomic mass is 16.6. The molecule has 2 aromatic heterocycles. The number of aromatic nitrogens is 3. The Bertz CT molecular complexity index is 1420. The Morgan fingerprint density at radius 2 is 1.68 bits per heavy atom. The largest absolute Gasteiger partial charge is 0.497 e. The molecule has 2 N–H and O–H groups in total. The number of nitrogens with zero attached hydrogens (tertiary/aromatic N) is 5. The molecule has 5 rings (SSSR count). The summed E-state index contributed by atoms with van der Waals surface area (Å²) in [6.45, 7) is 8.55. The molecule has 1 aliphatic heterocycles. The van der Waals surface area contributed by atoms with Crippen LogP contribution in [0.5, 0.6) is 5.75 Å². The SMILES string of the molecule is COc1ccc(Cn2nc(N)c3c(N4CCN(C(=O)OC(C)(C)C)CC4)c(-c4ccccc4)cnc32)cc1. The molecule has 0 atom stereocenters. The molecule has 0 aliphatic carbocycles. The van der Waals surface area contributed by atoms with Gasteiger partial charge in [-0.1, -0.05) is 42.5 Å². The third-order valence-electron chi connectivity index (χ3n) is 6.58. The molecule has 0 radical (unpaired) electrons. The van der Waals surface area contributed by atoms with Crippen molar-refractivity contribution >= 4 is 28.6 Å². The van der Waals surface area contributed by atoms with Gasteiger partial charge in [-0.15, -0.1) is 0 Å². The van der Waals surface area contributed by atoms with Crippen molar-refractivity contribution in [3.8, 4) is 16.9 Å². The third kappa shape index (κ3) is 5.22. The second-order valence-corrected chi connectivity index (χ2v) is 10.4. The molecule has 2 aromatic carbocycles. The molecule has 0 unspecified atom stereocenters. The predicted octanol–water partition coefficient (Wildman–Crippen LogP) is 4.79. The minimum Gasteiger partial charge on any atom is -0.497 e. The fourth-order valence-electron chi connectivity index (χ4n) is 4.76. The van der Waals surface area contributed by atoms with Crippen LogP contribution < -0.4 is 15.4 Å². The maximum atomic E-state index is 12.7. The van der Waals surface area contributed by atoms with Gasteiger partial charge in [0.2, 0.25) is 0 Å². The molecule has 3 heterocycles. The van der Waals surface area contributed by atoms with Crippen molar-refractivity contribution in [3.05, 3.63) is 66.4 Å². The highest BCUT2D eigenvalue weighted by Crippen LogP contribution is 2.39. The van der Waals surface area contributed by atoms with Crippen LogP contribution in [0.1, 0.15) is 26.3 Å². The number of nitrogens with two attached hydrogens (primary N) is 1. The average molecular weight is 515 g/mol.